The molecule has 20 heavy (non-hydrogen) atoms. The van der Waals surface area contributed by atoms with Gasteiger partial charge in [-0.15, -0.1) is 11.3 Å². The topological polar surface area (TPSA) is 21.3 Å². The highest BCUT2D eigenvalue weighted by Crippen LogP contribution is 2.33. The first-order chi connectivity index (χ1) is 9.56. The fraction of sp³-hybridized carbons (Fsp3) is 0.286. The van der Waals surface area contributed by atoms with Gasteiger partial charge in [-0.25, -0.2) is 0 Å². The third-order valence-electron chi connectivity index (χ3n) is 2.61. The van der Waals surface area contributed by atoms with Gasteiger partial charge in [-0.2, -0.15) is 0 Å². The van der Waals surface area contributed by atoms with Gasteiger partial charge in [0, 0.05) is 33.4 Å². The molecule has 0 spiro atoms. The van der Waals surface area contributed by atoms with Crippen LogP contribution in [0.15, 0.2) is 28.7 Å². The second kappa shape index (κ2) is 7.66. The molecule has 2 aromatic rings. The fourth-order valence-corrected chi connectivity index (χ4v) is 3.35. The van der Waals surface area contributed by atoms with E-state index in [1.54, 1.807) is 23.5 Å². The molecule has 6 heteroatoms. The van der Waals surface area contributed by atoms with E-state index in [4.69, 9.17) is 27.9 Å². The molecule has 1 heterocycles. The molecular weight excluding hydrogens is 381 g/mol. The van der Waals surface area contributed by atoms with Gasteiger partial charge in [-0.3, -0.25) is 0 Å². The van der Waals surface area contributed by atoms with Crippen molar-refractivity contribution in [1.29, 1.82) is 0 Å². The van der Waals surface area contributed by atoms with Crippen LogP contribution in [-0.2, 0) is 6.54 Å². The van der Waals surface area contributed by atoms with Gasteiger partial charge in [0.1, 0.15) is 12.4 Å². The predicted octanol–water partition coefficient (Wildman–Crippen LogP) is 5.29. The van der Waals surface area contributed by atoms with E-state index in [2.05, 4.69) is 40.3 Å². The number of thiophene rings is 1. The highest BCUT2D eigenvalue weighted by molar-refractivity contribution is 9.10. The molecule has 0 saturated carbocycles. The van der Waals surface area contributed by atoms with Gasteiger partial charge < -0.3 is 10.1 Å². The van der Waals surface area contributed by atoms with Crippen molar-refractivity contribution < 1.29 is 4.74 Å². The average Bonchev–Trinajstić information content (AvgIpc) is 2.81. The first-order valence-corrected chi connectivity index (χ1v) is 8.46. The van der Waals surface area contributed by atoms with Gasteiger partial charge in [0.25, 0.3) is 0 Å². The standard InChI is InChI=1S/C14H14BrCl2NOS/c1-9-2-3-10(20-9)8-18-4-5-19-14-7-12(16)11(15)6-13(14)17/h2-3,6-7,18H,4-5,8H2,1H3. The van der Waals surface area contributed by atoms with Crippen LogP contribution < -0.4 is 10.1 Å². The van der Waals surface area contributed by atoms with E-state index < -0.39 is 0 Å². The van der Waals surface area contributed by atoms with Crippen LogP contribution >= 0.6 is 50.5 Å². The lowest BCUT2D eigenvalue weighted by molar-refractivity contribution is 0.314. The summed E-state index contributed by atoms with van der Waals surface area (Å²) in [5.74, 6) is 0.605. The highest BCUT2D eigenvalue weighted by Gasteiger charge is 2.06. The summed E-state index contributed by atoms with van der Waals surface area (Å²) in [6, 6.07) is 7.72. The van der Waals surface area contributed by atoms with Crippen LogP contribution in [0.4, 0.5) is 0 Å². The van der Waals surface area contributed by atoms with Crippen molar-refractivity contribution in [1.82, 2.24) is 5.32 Å². The van der Waals surface area contributed by atoms with E-state index in [0.717, 1.165) is 17.6 Å². The lowest BCUT2D eigenvalue weighted by atomic mass is 10.3. The Bertz CT molecular complexity index is 589. The molecule has 0 radical (unpaired) electrons. The Labute approximate surface area is 141 Å². The van der Waals surface area contributed by atoms with E-state index in [9.17, 15) is 0 Å². The van der Waals surface area contributed by atoms with Gasteiger partial charge in [0.05, 0.1) is 10.0 Å². The van der Waals surface area contributed by atoms with Crippen LogP contribution in [0.25, 0.3) is 0 Å². The molecule has 0 bridgehead atoms. The molecule has 0 saturated heterocycles. The van der Waals surface area contributed by atoms with Gasteiger partial charge in [0.2, 0.25) is 0 Å². The van der Waals surface area contributed by atoms with Crippen LogP contribution in [0.5, 0.6) is 5.75 Å². The molecule has 0 amide bonds. The van der Waals surface area contributed by atoms with Crippen molar-refractivity contribution in [2.75, 3.05) is 13.2 Å². The first kappa shape index (κ1) is 16.1. The second-order valence-electron chi connectivity index (χ2n) is 4.23. The molecule has 0 aliphatic carbocycles. The average molecular weight is 395 g/mol. The molecule has 1 aromatic carbocycles. The fourth-order valence-electron chi connectivity index (χ4n) is 1.64. The van der Waals surface area contributed by atoms with Gasteiger partial charge in [0.15, 0.2) is 0 Å². The Hall–Kier alpha value is -0.260. The van der Waals surface area contributed by atoms with Crippen LogP contribution in [-0.4, -0.2) is 13.2 Å². The van der Waals surface area contributed by atoms with E-state index in [1.165, 1.54) is 9.75 Å². The van der Waals surface area contributed by atoms with Gasteiger partial charge in [-0.05, 0) is 41.1 Å². The summed E-state index contributed by atoms with van der Waals surface area (Å²) in [4.78, 5) is 2.65. The quantitative estimate of drug-likeness (QED) is 0.530. The van der Waals surface area contributed by atoms with Gasteiger partial charge in [-0.1, -0.05) is 23.2 Å². The largest absolute Gasteiger partial charge is 0.491 e. The molecule has 0 fully saturated rings. The zero-order chi connectivity index (χ0) is 14.5. The van der Waals surface area contributed by atoms with Gasteiger partial charge >= 0.3 is 0 Å². The molecule has 1 N–H and O–H groups in total. The summed E-state index contributed by atoms with van der Waals surface area (Å²) in [6.45, 7) is 4.26. The van der Waals surface area contributed by atoms with E-state index in [1.807, 2.05) is 0 Å². The first-order valence-electron chi connectivity index (χ1n) is 6.09. The van der Waals surface area contributed by atoms with E-state index >= 15 is 0 Å². The van der Waals surface area contributed by atoms with Crippen LogP contribution in [0.1, 0.15) is 9.75 Å². The summed E-state index contributed by atoms with van der Waals surface area (Å²) in [5, 5.41) is 4.47. The molecule has 2 rings (SSSR count). The molecular formula is C14H14BrCl2NOS. The SMILES string of the molecule is Cc1ccc(CNCCOc2cc(Cl)c(Br)cc2Cl)s1. The number of nitrogens with one attached hydrogen (secondary N) is 1. The summed E-state index contributed by atoms with van der Waals surface area (Å²) >= 11 is 17.2. The molecule has 0 aliphatic rings. The molecule has 2 nitrogen and oxygen atoms in total. The predicted molar refractivity (Wildman–Crippen MR) is 90.4 cm³/mol. The number of halogens is 3. The minimum atomic E-state index is 0.544. The summed E-state index contributed by atoms with van der Waals surface area (Å²) in [5.41, 5.74) is 0. The minimum Gasteiger partial charge on any atom is -0.491 e. The van der Waals surface area contributed by atoms with Crippen molar-refractivity contribution in [2.24, 2.45) is 0 Å². The van der Waals surface area contributed by atoms with Crippen LogP contribution in [0.3, 0.4) is 0 Å². The maximum atomic E-state index is 6.08. The Balaban J connectivity index is 1.75. The van der Waals surface area contributed by atoms with Crippen molar-refractivity contribution >= 4 is 50.5 Å². The highest BCUT2D eigenvalue weighted by atomic mass is 79.9. The Morgan fingerprint density at radius 2 is 2.05 bits per heavy atom. The zero-order valence-corrected chi connectivity index (χ0v) is 14.8. The summed E-state index contributed by atoms with van der Waals surface area (Å²) in [6.07, 6.45) is 0. The minimum absolute atomic E-state index is 0.544. The monoisotopic (exact) mass is 393 g/mol. The van der Waals surface area contributed by atoms with E-state index in [0.29, 0.717) is 22.4 Å². The van der Waals surface area contributed by atoms with Crippen molar-refractivity contribution in [3.05, 3.63) is 48.5 Å². The molecule has 0 atom stereocenters. The molecule has 108 valence electrons. The normalized spacial score (nSPS) is 10.8. The number of aryl methyl sites for hydroxylation is 1. The Morgan fingerprint density at radius 3 is 2.75 bits per heavy atom. The van der Waals surface area contributed by atoms with E-state index in [-0.39, 0.29) is 0 Å². The van der Waals surface area contributed by atoms with Crippen LogP contribution in [0.2, 0.25) is 10.0 Å². The number of hydrogen-bond donors (Lipinski definition) is 1. The van der Waals surface area contributed by atoms with Crippen molar-refractivity contribution in [3.63, 3.8) is 0 Å². The third kappa shape index (κ3) is 4.64. The number of hydrogen-bond acceptors (Lipinski definition) is 3. The maximum Gasteiger partial charge on any atom is 0.139 e. The lowest BCUT2D eigenvalue weighted by Gasteiger charge is -2.09. The second-order valence-corrected chi connectivity index (χ2v) is 7.28. The lowest BCUT2D eigenvalue weighted by Crippen LogP contribution is -2.20. The van der Waals surface area contributed by atoms with Crippen LogP contribution in [0, 0.1) is 6.92 Å². The summed E-state index contributed by atoms with van der Waals surface area (Å²) in [7, 11) is 0. The summed E-state index contributed by atoms with van der Waals surface area (Å²) < 4.78 is 6.39. The number of ether oxygens (including phenoxy) is 1. The molecule has 0 aliphatic heterocycles. The zero-order valence-electron chi connectivity index (χ0n) is 10.9. The molecule has 1 aromatic heterocycles. The van der Waals surface area contributed by atoms with Crippen molar-refractivity contribution in [3.8, 4) is 5.75 Å². The third-order valence-corrected chi connectivity index (χ3v) is 5.10. The maximum absolute atomic E-state index is 6.08. The Kier molecular flexibility index (Phi) is 6.18. The van der Waals surface area contributed by atoms with Crippen molar-refractivity contribution in [2.45, 2.75) is 13.5 Å². The number of benzene rings is 1. The molecule has 0 unspecified atom stereocenters. The number of rotatable bonds is 6. The smallest absolute Gasteiger partial charge is 0.139 e. The Morgan fingerprint density at radius 1 is 1.25 bits per heavy atom.